The number of para-hydroxylation sites is 1. The minimum atomic E-state index is -0.152. The van der Waals surface area contributed by atoms with Crippen molar-refractivity contribution in [3.63, 3.8) is 0 Å². The van der Waals surface area contributed by atoms with Crippen molar-refractivity contribution < 1.29 is 9.21 Å². The Hall–Kier alpha value is -2.55. The number of carbonyl (C=O) groups excluding carboxylic acids is 1. The van der Waals surface area contributed by atoms with E-state index in [1.807, 2.05) is 24.3 Å². The third kappa shape index (κ3) is 3.37. The van der Waals surface area contributed by atoms with E-state index in [1.165, 1.54) is 11.1 Å². The molecule has 3 nitrogen and oxygen atoms in total. The Morgan fingerprint density at radius 2 is 1.95 bits per heavy atom. The summed E-state index contributed by atoms with van der Waals surface area (Å²) in [5.74, 6) is 0.220. The van der Waals surface area contributed by atoms with Crippen molar-refractivity contribution in [3.05, 3.63) is 71.5 Å². The second-order valence-electron chi connectivity index (χ2n) is 5.50. The smallest absolute Gasteiger partial charge is 0.287 e. The fraction of sp³-hybridized carbons (Fsp3) is 0.211. The molecule has 0 saturated heterocycles. The Kier molecular flexibility index (Phi) is 4.24. The summed E-state index contributed by atoms with van der Waals surface area (Å²) in [6, 6.07) is 17.9. The monoisotopic (exact) mass is 293 g/mol. The van der Waals surface area contributed by atoms with E-state index in [9.17, 15) is 4.79 Å². The number of rotatable bonds is 5. The summed E-state index contributed by atoms with van der Waals surface area (Å²) in [6.45, 7) is 2.73. The third-order valence-corrected chi connectivity index (χ3v) is 3.66. The van der Waals surface area contributed by atoms with Gasteiger partial charge in [-0.15, -0.1) is 0 Å². The Bertz CT molecular complexity index is 756. The first kappa shape index (κ1) is 14.4. The Morgan fingerprint density at radius 3 is 2.77 bits per heavy atom. The SMILES string of the molecule is Cc1cccc(CCCNC(=O)c2cc3ccccc3o2)c1. The summed E-state index contributed by atoms with van der Waals surface area (Å²) in [6.07, 6.45) is 1.87. The maximum atomic E-state index is 12.1. The number of nitrogens with one attached hydrogen (secondary N) is 1. The maximum Gasteiger partial charge on any atom is 0.287 e. The molecule has 1 heterocycles. The zero-order chi connectivity index (χ0) is 15.4. The number of hydrogen-bond acceptors (Lipinski definition) is 2. The second-order valence-corrected chi connectivity index (χ2v) is 5.50. The maximum absolute atomic E-state index is 12.1. The van der Waals surface area contributed by atoms with E-state index in [0.29, 0.717) is 12.3 Å². The van der Waals surface area contributed by atoms with Gasteiger partial charge in [-0.25, -0.2) is 0 Å². The fourth-order valence-corrected chi connectivity index (χ4v) is 2.54. The van der Waals surface area contributed by atoms with Crippen molar-refractivity contribution >= 4 is 16.9 Å². The van der Waals surface area contributed by atoms with Gasteiger partial charge in [0.15, 0.2) is 5.76 Å². The lowest BCUT2D eigenvalue weighted by Gasteiger charge is -2.04. The van der Waals surface area contributed by atoms with Crippen molar-refractivity contribution in [2.75, 3.05) is 6.54 Å². The van der Waals surface area contributed by atoms with Gasteiger partial charge in [0, 0.05) is 11.9 Å². The standard InChI is InChI=1S/C19H19NO2/c1-14-6-4-7-15(12-14)8-5-11-20-19(21)18-13-16-9-2-3-10-17(16)22-18/h2-4,6-7,9-10,12-13H,5,8,11H2,1H3,(H,20,21). The minimum absolute atomic E-state index is 0.152. The van der Waals surface area contributed by atoms with E-state index in [-0.39, 0.29) is 5.91 Å². The first-order chi connectivity index (χ1) is 10.7. The first-order valence-corrected chi connectivity index (χ1v) is 7.55. The summed E-state index contributed by atoms with van der Waals surface area (Å²) in [5.41, 5.74) is 3.31. The van der Waals surface area contributed by atoms with Crippen molar-refractivity contribution in [3.8, 4) is 0 Å². The van der Waals surface area contributed by atoms with E-state index in [0.717, 1.165) is 23.8 Å². The normalized spacial score (nSPS) is 10.8. The molecule has 3 rings (SSSR count). The van der Waals surface area contributed by atoms with Crippen molar-refractivity contribution in [2.45, 2.75) is 19.8 Å². The average Bonchev–Trinajstić information content (AvgIpc) is 2.95. The second kappa shape index (κ2) is 6.48. The number of aryl methyl sites for hydroxylation is 2. The summed E-state index contributed by atoms with van der Waals surface area (Å²) >= 11 is 0. The van der Waals surface area contributed by atoms with Crippen molar-refractivity contribution in [1.82, 2.24) is 5.32 Å². The molecule has 3 aromatic rings. The molecule has 0 fully saturated rings. The van der Waals surface area contributed by atoms with Crippen LogP contribution in [0.15, 0.2) is 59.0 Å². The Morgan fingerprint density at radius 1 is 1.09 bits per heavy atom. The highest BCUT2D eigenvalue weighted by atomic mass is 16.3. The first-order valence-electron chi connectivity index (χ1n) is 7.55. The zero-order valence-corrected chi connectivity index (χ0v) is 12.6. The molecule has 0 bridgehead atoms. The van der Waals surface area contributed by atoms with Gasteiger partial charge in [-0.3, -0.25) is 4.79 Å². The molecule has 0 aliphatic rings. The van der Waals surface area contributed by atoms with E-state index < -0.39 is 0 Å². The predicted octanol–water partition coefficient (Wildman–Crippen LogP) is 4.10. The molecule has 0 saturated carbocycles. The van der Waals surface area contributed by atoms with Gasteiger partial charge in [0.25, 0.3) is 5.91 Å². The van der Waals surface area contributed by atoms with Gasteiger partial charge in [0.2, 0.25) is 0 Å². The summed E-state index contributed by atoms with van der Waals surface area (Å²) in [5, 5.41) is 3.86. The highest BCUT2D eigenvalue weighted by Gasteiger charge is 2.11. The molecule has 3 heteroatoms. The highest BCUT2D eigenvalue weighted by molar-refractivity contribution is 5.95. The topological polar surface area (TPSA) is 42.2 Å². The van der Waals surface area contributed by atoms with E-state index >= 15 is 0 Å². The lowest BCUT2D eigenvalue weighted by Crippen LogP contribution is -2.24. The molecule has 0 unspecified atom stereocenters. The van der Waals surface area contributed by atoms with Crippen molar-refractivity contribution in [2.24, 2.45) is 0 Å². The van der Waals surface area contributed by atoms with Crippen LogP contribution in [-0.4, -0.2) is 12.5 Å². The molecule has 0 atom stereocenters. The molecule has 0 spiro atoms. The molecular weight excluding hydrogens is 274 g/mol. The lowest BCUT2D eigenvalue weighted by molar-refractivity contribution is 0.0927. The molecule has 22 heavy (non-hydrogen) atoms. The number of furan rings is 1. The van der Waals surface area contributed by atoms with Gasteiger partial charge < -0.3 is 9.73 Å². The van der Waals surface area contributed by atoms with Crippen LogP contribution in [0.25, 0.3) is 11.0 Å². The number of hydrogen-bond donors (Lipinski definition) is 1. The van der Waals surface area contributed by atoms with Gasteiger partial charge in [-0.05, 0) is 37.5 Å². The minimum Gasteiger partial charge on any atom is -0.451 e. The molecule has 112 valence electrons. The van der Waals surface area contributed by atoms with Crippen LogP contribution in [0.5, 0.6) is 0 Å². The van der Waals surface area contributed by atoms with Crippen LogP contribution in [0.3, 0.4) is 0 Å². The van der Waals surface area contributed by atoms with Crippen LogP contribution >= 0.6 is 0 Å². The Labute approximate surface area is 130 Å². The fourth-order valence-electron chi connectivity index (χ4n) is 2.54. The largest absolute Gasteiger partial charge is 0.451 e. The Balaban J connectivity index is 1.52. The highest BCUT2D eigenvalue weighted by Crippen LogP contribution is 2.18. The summed E-state index contributed by atoms with van der Waals surface area (Å²) < 4.78 is 5.55. The number of carbonyl (C=O) groups is 1. The molecule has 1 N–H and O–H groups in total. The molecule has 1 aromatic heterocycles. The van der Waals surface area contributed by atoms with E-state index in [2.05, 4.69) is 36.5 Å². The van der Waals surface area contributed by atoms with E-state index in [4.69, 9.17) is 4.42 Å². The number of fused-ring (bicyclic) bond motifs is 1. The van der Waals surface area contributed by atoms with Crippen molar-refractivity contribution in [1.29, 1.82) is 0 Å². The van der Waals surface area contributed by atoms with Crippen LogP contribution in [0.2, 0.25) is 0 Å². The molecule has 1 amide bonds. The van der Waals surface area contributed by atoms with Gasteiger partial charge in [0.05, 0.1) is 0 Å². The summed E-state index contributed by atoms with van der Waals surface area (Å²) in [7, 11) is 0. The van der Waals surface area contributed by atoms with Crippen LogP contribution in [0.4, 0.5) is 0 Å². The van der Waals surface area contributed by atoms with Crippen LogP contribution in [-0.2, 0) is 6.42 Å². The van der Waals surface area contributed by atoms with Gasteiger partial charge in [0.1, 0.15) is 5.58 Å². The summed E-state index contributed by atoms with van der Waals surface area (Å²) in [4.78, 5) is 12.1. The average molecular weight is 293 g/mol. The number of benzene rings is 2. The lowest BCUT2D eigenvalue weighted by atomic mass is 10.1. The zero-order valence-electron chi connectivity index (χ0n) is 12.6. The van der Waals surface area contributed by atoms with Crippen LogP contribution in [0.1, 0.15) is 28.1 Å². The third-order valence-electron chi connectivity index (χ3n) is 3.66. The molecular formula is C19H19NO2. The van der Waals surface area contributed by atoms with Gasteiger partial charge >= 0.3 is 0 Å². The molecule has 0 radical (unpaired) electrons. The molecule has 0 aliphatic carbocycles. The quantitative estimate of drug-likeness (QED) is 0.719. The van der Waals surface area contributed by atoms with E-state index in [1.54, 1.807) is 6.07 Å². The van der Waals surface area contributed by atoms with Gasteiger partial charge in [-0.2, -0.15) is 0 Å². The number of amides is 1. The molecule has 2 aromatic carbocycles. The predicted molar refractivity (Wildman–Crippen MR) is 88.0 cm³/mol. The van der Waals surface area contributed by atoms with Gasteiger partial charge in [-0.1, -0.05) is 48.0 Å². The van der Waals surface area contributed by atoms with Crippen LogP contribution in [0, 0.1) is 6.92 Å². The van der Waals surface area contributed by atoms with Crippen LogP contribution < -0.4 is 5.32 Å². The molecule has 0 aliphatic heterocycles.